The minimum absolute atomic E-state index is 0.00310. The molecule has 0 saturated carbocycles. The first-order valence-corrected chi connectivity index (χ1v) is 8.27. The lowest BCUT2D eigenvalue weighted by atomic mass is 9.79. The maximum Gasteiger partial charge on any atom is 0.307 e. The molecule has 3 aliphatic rings. The molecular formula is C16H28N2O2. The molecule has 0 aromatic carbocycles. The van der Waals surface area contributed by atoms with Gasteiger partial charge in [-0.05, 0) is 65.6 Å². The molecule has 4 heteroatoms. The monoisotopic (exact) mass is 280 g/mol. The highest BCUT2D eigenvalue weighted by atomic mass is 16.5. The molecule has 2 bridgehead atoms. The minimum atomic E-state index is 0.00310. The smallest absolute Gasteiger partial charge is 0.307 e. The molecule has 0 amide bonds. The number of ether oxygens (including phenoxy) is 1. The first kappa shape index (κ1) is 14.3. The van der Waals surface area contributed by atoms with Crippen molar-refractivity contribution < 1.29 is 9.53 Å². The van der Waals surface area contributed by atoms with Crippen molar-refractivity contribution in [2.75, 3.05) is 26.7 Å². The van der Waals surface area contributed by atoms with Crippen LogP contribution in [0.15, 0.2) is 0 Å². The fourth-order valence-corrected chi connectivity index (χ4v) is 4.73. The second-order valence-electron chi connectivity index (χ2n) is 6.86. The molecule has 2 atom stereocenters. The summed E-state index contributed by atoms with van der Waals surface area (Å²) in [5.41, 5.74) is 0.0844. The van der Waals surface area contributed by atoms with E-state index in [4.69, 9.17) is 4.74 Å². The lowest BCUT2D eigenvalue weighted by Crippen LogP contribution is -2.58. The predicted octanol–water partition coefficient (Wildman–Crippen LogP) is 2.03. The lowest BCUT2D eigenvalue weighted by molar-refractivity contribution is -0.148. The molecule has 3 rings (SSSR count). The molecule has 114 valence electrons. The van der Waals surface area contributed by atoms with Crippen LogP contribution in [-0.2, 0) is 9.53 Å². The van der Waals surface area contributed by atoms with Crippen molar-refractivity contribution in [3.05, 3.63) is 0 Å². The van der Waals surface area contributed by atoms with Crippen LogP contribution in [0.1, 0.15) is 51.9 Å². The molecule has 0 radical (unpaired) electrons. The van der Waals surface area contributed by atoms with Crippen molar-refractivity contribution in [3.63, 3.8) is 0 Å². The molecule has 0 aromatic heterocycles. The third-order valence-electron chi connectivity index (χ3n) is 5.77. The number of hydrogen-bond acceptors (Lipinski definition) is 4. The van der Waals surface area contributed by atoms with Crippen LogP contribution < -0.4 is 0 Å². The molecule has 3 fully saturated rings. The van der Waals surface area contributed by atoms with Crippen molar-refractivity contribution in [2.24, 2.45) is 0 Å². The largest absolute Gasteiger partial charge is 0.466 e. The highest BCUT2D eigenvalue weighted by molar-refractivity contribution is 5.71. The molecule has 3 saturated heterocycles. The van der Waals surface area contributed by atoms with Gasteiger partial charge in [-0.25, -0.2) is 0 Å². The molecule has 20 heavy (non-hydrogen) atoms. The van der Waals surface area contributed by atoms with Gasteiger partial charge in [0.15, 0.2) is 0 Å². The quantitative estimate of drug-likeness (QED) is 0.738. The maximum absolute atomic E-state index is 12.1. The Hall–Kier alpha value is -0.610. The SMILES string of the molecule is CCOC(=O)CC1(N2CCCC2)CC2CCC(C1)N2C. The highest BCUT2D eigenvalue weighted by Crippen LogP contribution is 2.45. The van der Waals surface area contributed by atoms with Crippen LogP contribution in [-0.4, -0.2) is 60.1 Å². The van der Waals surface area contributed by atoms with Crippen LogP contribution in [0.2, 0.25) is 0 Å². The topological polar surface area (TPSA) is 32.8 Å². The van der Waals surface area contributed by atoms with E-state index in [1.807, 2.05) is 6.92 Å². The molecule has 2 unspecified atom stereocenters. The molecule has 3 aliphatic heterocycles. The number of hydrogen-bond donors (Lipinski definition) is 0. The van der Waals surface area contributed by atoms with Gasteiger partial charge in [0.05, 0.1) is 13.0 Å². The average Bonchev–Trinajstić information content (AvgIpc) is 3.00. The zero-order valence-electron chi connectivity index (χ0n) is 12.9. The van der Waals surface area contributed by atoms with Crippen molar-refractivity contribution in [2.45, 2.75) is 69.5 Å². The zero-order valence-corrected chi connectivity index (χ0v) is 12.9. The molecule has 0 spiro atoms. The van der Waals surface area contributed by atoms with Crippen molar-refractivity contribution in [3.8, 4) is 0 Å². The Morgan fingerprint density at radius 2 is 1.80 bits per heavy atom. The Balaban J connectivity index is 1.79. The normalized spacial score (nSPS) is 38.3. The third kappa shape index (κ3) is 2.48. The predicted molar refractivity (Wildman–Crippen MR) is 78.6 cm³/mol. The van der Waals surface area contributed by atoms with Crippen LogP contribution in [0.3, 0.4) is 0 Å². The Kier molecular flexibility index (Phi) is 4.04. The van der Waals surface area contributed by atoms with E-state index in [0.29, 0.717) is 25.1 Å². The number of rotatable bonds is 4. The fraction of sp³-hybridized carbons (Fsp3) is 0.938. The average molecular weight is 280 g/mol. The van der Waals surface area contributed by atoms with Gasteiger partial charge in [-0.2, -0.15) is 0 Å². The summed E-state index contributed by atoms with van der Waals surface area (Å²) in [5, 5.41) is 0. The minimum Gasteiger partial charge on any atom is -0.466 e. The van der Waals surface area contributed by atoms with E-state index in [-0.39, 0.29) is 11.5 Å². The van der Waals surface area contributed by atoms with E-state index in [1.54, 1.807) is 0 Å². The van der Waals surface area contributed by atoms with Gasteiger partial charge in [0.2, 0.25) is 0 Å². The van der Waals surface area contributed by atoms with Crippen molar-refractivity contribution in [1.29, 1.82) is 0 Å². The molecular weight excluding hydrogens is 252 g/mol. The van der Waals surface area contributed by atoms with Crippen LogP contribution in [0.4, 0.5) is 0 Å². The van der Waals surface area contributed by atoms with Crippen LogP contribution in [0.25, 0.3) is 0 Å². The van der Waals surface area contributed by atoms with E-state index in [2.05, 4.69) is 16.8 Å². The van der Waals surface area contributed by atoms with Gasteiger partial charge in [-0.3, -0.25) is 9.69 Å². The van der Waals surface area contributed by atoms with E-state index >= 15 is 0 Å². The Morgan fingerprint density at radius 1 is 1.20 bits per heavy atom. The summed E-state index contributed by atoms with van der Waals surface area (Å²) in [7, 11) is 2.26. The van der Waals surface area contributed by atoms with Crippen LogP contribution in [0, 0.1) is 0 Å². The van der Waals surface area contributed by atoms with Gasteiger partial charge < -0.3 is 9.64 Å². The first-order valence-electron chi connectivity index (χ1n) is 8.27. The van der Waals surface area contributed by atoms with E-state index in [1.165, 1.54) is 38.8 Å². The second kappa shape index (κ2) is 5.64. The number of carbonyl (C=O) groups excluding carboxylic acids is 1. The number of likely N-dealkylation sites (tertiary alicyclic amines) is 1. The van der Waals surface area contributed by atoms with Crippen molar-refractivity contribution in [1.82, 2.24) is 9.80 Å². The Bertz CT molecular complexity index is 351. The number of carbonyl (C=O) groups is 1. The number of piperidine rings is 1. The highest BCUT2D eigenvalue weighted by Gasteiger charge is 2.51. The van der Waals surface area contributed by atoms with Gasteiger partial charge in [0.1, 0.15) is 0 Å². The summed E-state index contributed by atoms with van der Waals surface area (Å²) in [6.45, 7) is 4.74. The molecule has 0 aliphatic carbocycles. The second-order valence-corrected chi connectivity index (χ2v) is 6.86. The van der Waals surface area contributed by atoms with Gasteiger partial charge in [0.25, 0.3) is 0 Å². The summed E-state index contributed by atoms with van der Waals surface area (Å²) in [4.78, 5) is 17.3. The fourth-order valence-electron chi connectivity index (χ4n) is 4.73. The zero-order chi connectivity index (χ0) is 14.2. The molecule has 4 nitrogen and oxygen atoms in total. The van der Waals surface area contributed by atoms with Crippen LogP contribution >= 0.6 is 0 Å². The van der Waals surface area contributed by atoms with E-state index in [0.717, 1.165) is 12.8 Å². The van der Waals surface area contributed by atoms with Gasteiger partial charge in [0, 0.05) is 17.6 Å². The summed E-state index contributed by atoms with van der Waals surface area (Å²) in [6, 6.07) is 1.34. The summed E-state index contributed by atoms with van der Waals surface area (Å²) in [5.74, 6) is 0.00310. The third-order valence-corrected chi connectivity index (χ3v) is 5.77. The number of nitrogens with zero attached hydrogens (tertiary/aromatic N) is 2. The first-order chi connectivity index (χ1) is 9.64. The van der Waals surface area contributed by atoms with E-state index in [9.17, 15) is 4.79 Å². The van der Waals surface area contributed by atoms with Gasteiger partial charge in [-0.1, -0.05) is 0 Å². The maximum atomic E-state index is 12.1. The Morgan fingerprint density at radius 3 is 2.35 bits per heavy atom. The molecule has 0 N–H and O–H groups in total. The summed E-state index contributed by atoms with van der Waals surface area (Å²) < 4.78 is 5.27. The Labute approximate surface area is 122 Å². The van der Waals surface area contributed by atoms with Crippen LogP contribution in [0.5, 0.6) is 0 Å². The number of fused-ring (bicyclic) bond motifs is 2. The van der Waals surface area contributed by atoms with Gasteiger partial charge in [-0.15, -0.1) is 0 Å². The standard InChI is InChI=1S/C16H28N2O2/c1-3-20-15(19)12-16(18-8-4-5-9-18)10-13-6-7-14(11-16)17(13)2/h13-14H,3-12H2,1-2H3. The van der Waals surface area contributed by atoms with E-state index < -0.39 is 0 Å². The van der Waals surface area contributed by atoms with Gasteiger partial charge >= 0.3 is 5.97 Å². The lowest BCUT2D eigenvalue weighted by Gasteiger charge is -2.50. The molecule has 0 aromatic rings. The van der Waals surface area contributed by atoms with Crippen molar-refractivity contribution >= 4 is 5.97 Å². The summed E-state index contributed by atoms with van der Waals surface area (Å²) in [6.07, 6.45) is 8.09. The molecule has 3 heterocycles. The summed E-state index contributed by atoms with van der Waals surface area (Å²) >= 11 is 0. The number of esters is 1.